The monoisotopic (exact) mass is 744 g/mol. The maximum Gasteiger partial charge on any atom is 0.305 e. The number of benzene rings is 6. The van der Waals surface area contributed by atoms with Gasteiger partial charge in [0.1, 0.15) is 0 Å². The number of rotatable bonds is 13. The highest BCUT2D eigenvalue weighted by molar-refractivity contribution is 5.85. The van der Waals surface area contributed by atoms with Crippen LogP contribution in [0.25, 0.3) is 11.1 Å². The summed E-state index contributed by atoms with van der Waals surface area (Å²) in [5.74, 6) is -0.446. The number of para-hydroxylation sites is 2. The zero-order valence-electron chi connectivity index (χ0n) is 33.9. The van der Waals surface area contributed by atoms with Crippen LogP contribution in [0.3, 0.4) is 0 Å². The molecule has 0 radical (unpaired) electrons. The van der Waals surface area contributed by atoms with Crippen molar-refractivity contribution in [1.29, 1.82) is 0 Å². The van der Waals surface area contributed by atoms with E-state index in [0.29, 0.717) is 25.7 Å². The van der Waals surface area contributed by atoms with Crippen LogP contribution in [0.1, 0.15) is 57.3 Å². The molecule has 0 aliphatic heterocycles. The number of nitrogens with zero attached hydrogens (tertiary/aromatic N) is 2. The fraction of sp³-hybridized carbons (Fsp3) is 0.240. The Labute approximate surface area is 332 Å². The molecule has 0 aromatic heterocycles. The first-order chi connectivity index (χ1) is 27.0. The van der Waals surface area contributed by atoms with Crippen molar-refractivity contribution in [3.8, 4) is 11.1 Å². The van der Waals surface area contributed by atoms with Gasteiger partial charge in [-0.05, 0) is 171 Å². The van der Waals surface area contributed by atoms with E-state index in [2.05, 4.69) is 161 Å². The van der Waals surface area contributed by atoms with Gasteiger partial charge in [-0.25, -0.2) is 0 Å². The van der Waals surface area contributed by atoms with Crippen molar-refractivity contribution in [3.63, 3.8) is 0 Å². The minimum Gasteiger partial charge on any atom is -0.469 e. The number of carbonyl (C=O) groups is 2. The molecule has 286 valence electrons. The van der Waals surface area contributed by atoms with Crippen LogP contribution in [-0.2, 0) is 31.9 Å². The van der Waals surface area contributed by atoms with Crippen molar-refractivity contribution in [1.82, 2.24) is 0 Å². The maximum absolute atomic E-state index is 12.2. The number of methoxy groups -OCH3 is 2. The Kier molecular flexibility index (Phi) is 12.4. The van der Waals surface area contributed by atoms with Gasteiger partial charge in [0.2, 0.25) is 0 Å². The van der Waals surface area contributed by atoms with Gasteiger partial charge in [0, 0.05) is 47.0 Å². The molecule has 0 heterocycles. The third-order valence-electron chi connectivity index (χ3n) is 10.8. The lowest BCUT2D eigenvalue weighted by Gasteiger charge is -2.30. The fourth-order valence-electron chi connectivity index (χ4n) is 7.28. The molecule has 0 bridgehead atoms. The Morgan fingerprint density at radius 1 is 0.429 bits per heavy atom. The predicted octanol–water partition coefficient (Wildman–Crippen LogP) is 12.4. The quantitative estimate of drug-likeness (QED) is 0.110. The summed E-state index contributed by atoms with van der Waals surface area (Å²) in [4.78, 5) is 29.0. The van der Waals surface area contributed by atoms with E-state index in [1.165, 1.54) is 36.5 Å². The summed E-state index contributed by atoms with van der Waals surface area (Å²) >= 11 is 0. The highest BCUT2D eigenvalue weighted by atomic mass is 16.5. The Hall–Kier alpha value is -6.14. The number of aryl methyl sites for hydroxylation is 8. The first-order valence-electron chi connectivity index (χ1n) is 19.2. The molecule has 6 aromatic rings. The number of carbonyl (C=O) groups excluding carboxylic acids is 2. The van der Waals surface area contributed by atoms with E-state index in [1.54, 1.807) is 0 Å². The maximum atomic E-state index is 12.2. The number of hydrogen-bond acceptors (Lipinski definition) is 6. The second kappa shape index (κ2) is 17.5. The Balaban J connectivity index is 1.41. The Bertz CT molecular complexity index is 2210. The summed E-state index contributed by atoms with van der Waals surface area (Å²) in [7, 11) is 2.87. The molecular weight excluding hydrogens is 693 g/mol. The van der Waals surface area contributed by atoms with Crippen molar-refractivity contribution in [2.45, 2.75) is 67.2 Å². The molecular formula is C50H52N2O4. The lowest BCUT2D eigenvalue weighted by Crippen LogP contribution is -2.15. The van der Waals surface area contributed by atoms with Gasteiger partial charge in [-0.2, -0.15) is 0 Å². The highest BCUT2D eigenvalue weighted by Gasteiger charge is 2.22. The van der Waals surface area contributed by atoms with Crippen LogP contribution in [-0.4, -0.2) is 26.2 Å². The van der Waals surface area contributed by atoms with Gasteiger partial charge in [0.05, 0.1) is 14.2 Å². The second-order valence-electron chi connectivity index (χ2n) is 14.6. The van der Waals surface area contributed by atoms with Gasteiger partial charge < -0.3 is 19.3 Å². The van der Waals surface area contributed by atoms with Gasteiger partial charge in [-0.1, -0.05) is 60.7 Å². The van der Waals surface area contributed by atoms with Crippen LogP contribution in [0.15, 0.2) is 121 Å². The average molecular weight is 745 g/mol. The number of anilines is 6. The lowest BCUT2D eigenvalue weighted by atomic mass is 9.97. The molecule has 0 N–H and O–H groups in total. The van der Waals surface area contributed by atoms with E-state index in [-0.39, 0.29) is 11.9 Å². The van der Waals surface area contributed by atoms with Crippen molar-refractivity contribution in [3.05, 3.63) is 166 Å². The largest absolute Gasteiger partial charge is 0.469 e. The topological polar surface area (TPSA) is 59.1 Å². The number of esters is 2. The minimum atomic E-state index is -0.223. The molecule has 0 unspecified atom stereocenters. The van der Waals surface area contributed by atoms with Crippen molar-refractivity contribution >= 4 is 46.1 Å². The lowest BCUT2D eigenvalue weighted by molar-refractivity contribution is -0.141. The smallest absolute Gasteiger partial charge is 0.305 e. The normalized spacial score (nSPS) is 10.9. The van der Waals surface area contributed by atoms with Crippen LogP contribution in [0, 0.1) is 41.5 Å². The van der Waals surface area contributed by atoms with Crippen molar-refractivity contribution in [2.75, 3.05) is 24.0 Å². The van der Waals surface area contributed by atoms with Crippen molar-refractivity contribution < 1.29 is 19.1 Å². The molecule has 6 heteroatoms. The minimum absolute atomic E-state index is 0.223. The van der Waals surface area contributed by atoms with Crippen LogP contribution in [0.4, 0.5) is 34.1 Å². The van der Waals surface area contributed by atoms with E-state index in [9.17, 15) is 9.59 Å². The van der Waals surface area contributed by atoms with Crippen molar-refractivity contribution in [2.24, 2.45) is 0 Å². The van der Waals surface area contributed by atoms with Crippen LogP contribution in [0.5, 0.6) is 0 Å². The molecule has 6 nitrogen and oxygen atoms in total. The summed E-state index contributed by atoms with van der Waals surface area (Å²) < 4.78 is 9.97. The summed E-state index contributed by atoms with van der Waals surface area (Å²) in [6.45, 7) is 12.9. The second-order valence-corrected chi connectivity index (χ2v) is 14.6. The summed E-state index contributed by atoms with van der Waals surface area (Å²) in [5, 5.41) is 0. The summed E-state index contributed by atoms with van der Waals surface area (Å²) in [5.41, 5.74) is 17.9. The van der Waals surface area contributed by atoms with Crippen LogP contribution >= 0.6 is 0 Å². The fourth-order valence-corrected chi connectivity index (χ4v) is 7.28. The van der Waals surface area contributed by atoms with Crippen LogP contribution < -0.4 is 9.80 Å². The zero-order valence-corrected chi connectivity index (χ0v) is 33.9. The first kappa shape index (κ1) is 39.6. The molecule has 0 amide bonds. The third kappa shape index (κ3) is 8.71. The van der Waals surface area contributed by atoms with E-state index >= 15 is 0 Å². The first-order valence-corrected chi connectivity index (χ1v) is 19.2. The zero-order chi connectivity index (χ0) is 39.9. The number of hydrogen-bond donors (Lipinski definition) is 0. The Morgan fingerprint density at radius 3 is 1.18 bits per heavy atom. The standard InChI is InChI=1S/C50H52N2O4/c1-33-17-23-43(31-35(33)3)51(47-15-11-9-13-39(47)21-27-49(53)55-7)45-25-19-41(29-37(45)5)42-20-26-46(38(6)30-42)52(44-24-18-34(2)36(4)32-44)48-16-12-10-14-40(48)22-28-50(54)56-8/h9-20,23-26,29-32H,21-22,27-28H2,1-8H3. The molecule has 0 saturated heterocycles. The van der Waals surface area contributed by atoms with Gasteiger partial charge in [-0.3, -0.25) is 9.59 Å². The molecule has 56 heavy (non-hydrogen) atoms. The van der Waals surface area contributed by atoms with Crippen LogP contribution in [0.2, 0.25) is 0 Å². The molecule has 0 aliphatic rings. The number of ether oxygens (including phenoxy) is 2. The SMILES string of the molecule is COC(=O)CCc1ccccc1N(c1ccc(C)c(C)c1)c1ccc(-c2ccc(N(c3ccc(C)c(C)c3)c3ccccc3CCC(=O)OC)c(C)c2)cc1C. The molecule has 0 saturated carbocycles. The average Bonchev–Trinajstić information content (AvgIpc) is 3.20. The molecule has 0 atom stereocenters. The van der Waals surface area contributed by atoms with E-state index in [1.807, 2.05) is 12.1 Å². The van der Waals surface area contributed by atoms with Gasteiger partial charge in [-0.15, -0.1) is 0 Å². The van der Waals surface area contributed by atoms with E-state index in [0.717, 1.165) is 67.5 Å². The van der Waals surface area contributed by atoms with E-state index < -0.39 is 0 Å². The van der Waals surface area contributed by atoms with Gasteiger partial charge in [0.25, 0.3) is 0 Å². The van der Waals surface area contributed by atoms with E-state index in [4.69, 9.17) is 9.47 Å². The van der Waals surface area contributed by atoms with Gasteiger partial charge in [0.15, 0.2) is 0 Å². The predicted molar refractivity (Wildman–Crippen MR) is 230 cm³/mol. The summed E-state index contributed by atoms with van der Waals surface area (Å²) in [6, 6.07) is 43.1. The highest BCUT2D eigenvalue weighted by Crippen LogP contribution is 2.43. The molecule has 6 rings (SSSR count). The molecule has 0 spiro atoms. The molecule has 0 fully saturated rings. The van der Waals surface area contributed by atoms with Gasteiger partial charge >= 0.3 is 11.9 Å². The summed E-state index contributed by atoms with van der Waals surface area (Å²) in [6.07, 6.45) is 1.76. The Morgan fingerprint density at radius 2 is 0.821 bits per heavy atom. The molecule has 0 aliphatic carbocycles. The molecule has 6 aromatic carbocycles. The third-order valence-corrected chi connectivity index (χ3v) is 10.8.